The summed E-state index contributed by atoms with van der Waals surface area (Å²) in [7, 11) is -3.75. The molecule has 2 N–H and O–H groups in total. The van der Waals surface area contributed by atoms with Crippen molar-refractivity contribution < 1.29 is 17.9 Å². The predicted octanol–water partition coefficient (Wildman–Crippen LogP) is 2.39. The molecule has 0 aliphatic carbocycles. The molecule has 1 saturated heterocycles. The minimum Gasteiger partial charge on any atom is -0.462 e. The van der Waals surface area contributed by atoms with Crippen LogP contribution in [0.15, 0.2) is 59.0 Å². The number of carbonyl (C=O) groups is 1. The maximum atomic E-state index is 12.1. The number of ether oxygens (including phenoxy) is 1. The van der Waals surface area contributed by atoms with E-state index in [0.717, 1.165) is 22.3 Å². The van der Waals surface area contributed by atoms with Crippen molar-refractivity contribution >= 4 is 21.6 Å². The van der Waals surface area contributed by atoms with Crippen molar-refractivity contribution in [3.8, 4) is 0 Å². The number of cyclic esters (lactones) is 1. The van der Waals surface area contributed by atoms with E-state index in [0.29, 0.717) is 18.6 Å². The van der Waals surface area contributed by atoms with Crippen LogP contribution in [0.1, 0.15) is 23.1 Å². The Balaban J connectivity index is 2.18. The molecule has 24 heavy (non-hydrogen) atoms. The summed E-state index contributed by atoms with van der Waals surface area (Å²) in [6, 6.07) is 14.0. The zero-order chi connectivity index (χ0) is 17.3. The highest BCUT2D eigenvalue weighted by molar-refractivity contribution is 7.89. The van der Waals surface area contributed by atoms with Gasteiger partial charge in [0.2, 0.25) is 10.0 Å². The maximum Gasteiger partial charge on any atom is 0.334 e. The molecule has 1 aliphatic heterocycles. The minimum absolute atomic E-state index is 0.0360. The van der Waals surface area contributed by atoms with E-state index in [4.69, 9.17) is 9.88 Å². The fourth-order valence-electron chi connectivity index (χ4n) is 2.79. The summed E-state index contributed by atoms with van der Waals surface area (Å²) in [5.74, 6) is -0.331. The third-order valence-corrected chi connectivity index (χ3v) is 4.84. The van der Waals surface area contributed by atoms with Crippen molar-refractivity contribution in [1.29, 1.82) is 0 Å². The summed E-state index contributed by atoms with van der Waals surface area (Å²) in [5.41, 5.74) is 4.08. The van der Waals surface area contributed by atoms with Gasteiger partial charge < -0.3 is 4.74 Å². The highest BCUT2D eigenvalue weighted by atomic mass is 32.2. The number of primary sulfonamides is 1. The Morgan fingerprint density at radius 1 is 1.08 bits per heavy atom. The van der Waals surface area contributed by atoms with Gasteiger partial charge in [-0.15, -0.1) is 0 Å². The van der Waals surface area contributed by atoms with Gasteiger partial charge >= 0.3 is 5.97 Å². The van der Waals surface area contributed by atoms with Crippen molar-refractivity contribution in [2.45, 2.75) is 18.2 Å². The number of esters is 1. The maximum absolute atomic E-state index is 12.1. The normalized spacial score (nSPS) is 16.8. The molecule has 2 aromatic rings. The minimum atomic E-state index is -3.75. The first-order chi connectivity index (χ1) is 11.4. The van der Waals surface area contributed by atoms with Crippen molar-refractivity contribution in [1.82, 2.24) is 0 Å². The number of nitrogens with two attached hydrogens (primary N) is 1. The third kappa shape index (κ3) is 3.25. The zero-order valence-corrected chi connectivity index (χ0v) is 14.0. The van der Waals surface area contributed by atoms with Gasteiger partial charge in [0, 0.05) is 12.0 Å². The van der Waals surface area contributed by atoms with Gasteiger partial charge in [0.25, 0.3) is 0 Å². The molecule has 3 rings (SSSR count). The summed E-state index contributed by atoms with van der Waals surface area (Å²) in [5, 5.41) is 5.14. The average Bonchev–Trinajstić information content (AvgIpc) is 2.93. The predicted molar refractivity (Wildman–Crippen MR) is 90.6 cm³/mol. The lowest BCUT2D eigenvalue weighted by atomic mass is 9.91. The molecule has 2 aromatic carbocycles. The van der Waals surface area contributed by atoms with Crippen LogP contribution >= 0.6 is 0 Å². The molecule has 124 valence electrons. The number of benzene rings is 2. The number of carbonyl (C=O) groups excluding carboxylic acids is 1. The van der Waals surface area contributed by atoms with Crippen molar-refractivity contribution in [3.63, 3.8) is 0 Å². The van der Waals surface area contributed by atoms with Crippen LogP contribution in [0, 0.1) is 6.92 Å². The number of rotatable bonds is 3. The Kier molecular flexibility index (Phi) is 4.26. The molecule has 0 atom stereocenters. The zero-order valence-electron chi connectivity index (χ0n) is 13.2. The molecule has 0 bridgehead atoms. The van der Waals surface area contributed by atoms with Crippen LogP contribution in [0.25, 0.3) is 5.57 Å². The summed E-state index contributed by atoms with van der Waals surface area (Å²) < 4.78 is 27.9. The Hall–Kier alpha value is -2.44. The Morgan fingerprint density at radius 3 is 2.33 bits per heavy atom. The van der Waals surface area contributed by atoms with Crippen LogP contribution in [-0.4, -0.2) is 21.0 Å². The van der Waals surface area contributed by atoms with Gasteiger partial charge in [-0.2, -0.15) is 0 Å². The molecular weight excluding hydrogens is 326 g/mol. The topological polar surface area (TPSA) is 86.5 Å². The van der Waals surface area contributed by atoms with E-state index >= 15 is 0 Å². The Morgan fingerprint density at radius 2 is 1.79 bits per heavy atom. The molecule has 0 radical (unpaired) electrons. The molecule has 0 aromatic heterocycles. The van der Waals surface area contributed by atoms with Gasteiger partial charge in [0.05, 0.1) is 11.5 Å². The van der Waals surface area contributed by atoms with E-state index in [9.17, 15) is 13.2 Å². The van der Waals surface area contributed by atoms with Crippen LogP contribution in [-0.2, 0) is 19.6 Å². The van der Waals surface area contributed by atoms with Crippen LogP contribution in [0.2, 0.25) is 0 Å². The first-order valence-electron chi connectivity index (χ1n) is 7.47. The van der Waals surface area contributed by atoms with E-state index in [-0.39, 0.29) is 10.9 Å². The monoisotopic (exact) mass is 343 g/mol. The number of aryl methyl sites for hydroxylation is 1. The molecule has 5 nitrogen and oxygen atoms in total. The van der Waals surface area contributed by atoms with Crippen LogP contribution in [0.3, 0.4) is 0 Å². The van der Waals surface area contributed by atoms with Crippen LogP contribution < -0.4 is 5.14 Å². The molecule has 0 amide bonds. The second-order valence-corrected chi connectivity index (χ2v) is 7.24. The molecule has 0 saturated carbocycles. The van der Waals surface area contributed by atoms with Gasteiger partial charge in [0.15, 0.2) is 0 Å². The fraction of sp³-hybridized carbons (Fsp3) is 0.167. The lowest BCUT2D eigenvalue weighted by Crippen LogP contribution is -2.12. The van der Waals surface area contributed by atoms with E-state index in [2.05, 4.69) is 0 Å². The SMILES string of the molecule is Cc1cccc(/C(=C2/CCOC2=O)c2ccc(S(N)(=O)=O)cc2)c1. The molecule has 6 heteroatoms. The highest BCUT2D eigenvalue weighted by Crippen LogP contribution is 2.32. The second-order valence-electron chi connectivity index (χ2n) is 5.68. The van der Waals surface area contributed by atoms with E-state index in [1.54, 1.807) is 12.1 Å². The molecule has 1 heterocycles. The van der Waals surface area contributed by atoms with Gasteiger partial charge in [0.1, 0.15) is 0 Å². The average molecular weight is 343 g/mol. The summed E-state index contributed by atoms with van der Waals surface area (Å²) in [4.78, 5) is 12.1. The molecule has 0 unspecified atom stereocenters. The van der Waals surface area contributed by atoms with E-state index in [1.807, 2.05) is 31.2 Å². The largest absolute Gasteiger partial charge is 0.462 e. The Bertz CT molecular complexity index is 928. The number of hydrogen-bond acceptors (Lipinski definition) is 4. The van der Waals surface area contributed by atoms with Gasteiger partial charge in [-0.3, -0.25) is 0 Å². The van der Waals surface area contributed by atoms with E-state index < -0.39 is 10.0 Å². The highest BCUT2D eigenvalue weighted by Gasteiger charge is 2.25. The number of hydrogen-bond donors (Lipinski definition) is 1. The third-order valence-electron chi connectivity index (χ3n) is 3.91. The summed E-state index contributed by atoms with van der Waals surface area (Å²) >= 11 is 0. The molecule has 1 aliphatic rings. The van der Waals surface area contributed by atoms with Crippen molar-refractivity contribution in [2.24, 2.45) is 5.14 Å². The van der Waals surface area contributed by atoms with Crippen LogP contribution in [0.5, 0.6) is 0 Å². The molecular formula is C18H17NO4S. The smallest absolute Gasteiger partial charge is 0.334 e. The summed E-state index contributed by atoms with van der Waals surface area (Å²) in [6.45, 7) is 2.33. The Labute approximate surface area is 140 Å². The van der Waals surface area contributed by atoms with Crippen molar-refractivity contribution in [2.75, 3.05) is 6.61 Å². The number of sulfonamides is 1. The van der Waals surface area contributed by atoms with E-state index in [1.165, 1.54) is 12.1 Å². The summed E-state index contributed by atoms with van der Waals surface area (Å²) in [6.07, 6.45) is 0.527. The standard InChI is InChI=1S/C18H17NO4S/c1-12-3-2-4-14(11-12)17(16-9-10-23-18(16)20)13-5-7-15(8-6-13)24(19,21)22/h2-8,11H,9-10H2,1H3,(H2,19,21,22)/b17-16-. The molecule has 1 fully saturated rings. The second kappa shape index (κ2) is 6.22. The van der Waals surface area contributed by atoms with Gasteiger partial charge in [-0.25, -0.2) is 18.4 Å². The lowest BCUT2D eigenvalue weighted by Gasteiger charge is -2.12. The molecule has 0 spiro atoms. The van der Waals surface area contributed by atoms with Crippen molar-refractivity contribution in [3.05, 3.63) is 70.8 Å². The van der Waals surface area contributed by atoms with Crippen LogP contribution in [0.4, 0.5) is 0 Å². The quantitative estimate of drug-likeness (QED) is 0.685. The van der Waals surface area contributed by atoms with Gasteiger partial charge in [-0.05, 0) is 35.8 Å². The van der Waals surface area contributed by atoms with Gasteiger partial charge in [-0.1, -0.05) is 42.0 Å². The first kappa shape index (κ1) is 16.4. The fourth-order valence-corrected chi connectivity index (χ4v) is 3.30. The first-order valence-corrected chi connectivity index (χ1v) is 9.01. The lowest BCUT2D eigenvalue weighted by molar-refractivity contribution is -0.135.